The van der Waals surface area contributed by atoms with Gasteiger partial charge in [0.2, 0.25) is 0 Å². The number of nitrogens with zero attached hydrogens (tertiary/aromatic N) is 2. The van der Waals surface area contributed by atoms with Crippen LogP contribution in [0.15, 0.2) is 91.1 Å². The zero-order valence-electron chi connectivity index (χ0n) is 14.6. The Bertz CT molecular complexity index is 1160. The van der Waals surface area contributed by atoms with E-state index < -0.39 is 0 Å². The maximum atomic E-state index is 4.53. The van der Waals surface area contributed by atoms with E-state index in [0.717, 1.165) is 11.3 Å². The first-order valence-corrected chi connectivity index (χ1v) is 8.83. The molecule has 0 fully saturated rings. The summed E-state index contributed by atoms with van der Waals surface area (Å²) in [6.07, 6.45) is 1.91. The molecule has 0 amide bonds. The van der Waals surface area contributed by atoms with Crippen LogP contribution >= 0.6 is 0 Å². The third kappa shape index (κ3) is 2.31. The van der Waals surface area contributed by atoms with Crippen molar-refractivity contribution in [3.63, 3.8) is 0 Å². The molecule has 0 atom stereocenters. The van der Waals surface area contributed by atoms with Gasteiger partial charge in [0.15, 0.2) is 0 Å². The quantitative estimate of drug-likeness (QED) is 0.378. The molecule has 2 heterocycles. The predicted octanol–water partition coefficient (Wildman–Crippen LogP) is 6.15. The van der Waals surface area contributed by atoms with E-state index in [2.05, 4.69) is 101 Å². The largest absolute Gasteiger partial charge is 0.309 e. The molecule has 0 aliphatic carbocycles. The number of hydrogen-bond donors (Lipinski definition) is 0. The van der Waals surface area contributed by atoms with E-state index in [9.17, 15) is 0 Å². The van der Waals surface area contributed by atoms with E-state index in [1.165, 1.54) is 33.1 Å². The smallest absolute Gasteiger partial charge is 0.0702 e. The second-order valence-corrected chi connectivity index (χ2v) is 6.64. The highest BCUT2D eigenvalue weighted by molar-refractivity contribution is 6.09. The van der Waals surface area contributed by atoms with E-state index in [1.807, 2.05) is 6.20 Å². The minimum absolute atomic E-state index is 1.00. The van der Waals surface area contributed by atoms with Crippen LogP contribution in [-0.2, 0) is 0 Å². The molecule has 3 aromatic carbocycles. The summed E-state index contributed by atoms with van der Waals surface area (Å²) < 4.78 is 2.33. The van der Waals surface area contributed by atoms with Gasteiger partial charge in [-0.05, 0) is 42.8 Å². The molecule has 2 aromatic heterocycles. The highest BCUT2D eigenvalue weighted by Gasteiger charge is 2.11. The SMILES string of the molecule is Cc1ccc(-c2ccc(-n3c4ccccc4c4ccccc43)cc2)nc1. The summed E-state index contributed by atoms with van der Waals surface area (Å²) in [6.45, 7) is 2.06. The topological polar surface area (TPSA) is 17.8 Å². The van der Waals surface area contributed by atoms with Gasteiger partial charge in [-0.15, -0.1) is 0 Å². The molecule has 0 spiro atoms. The standard InChI is InChI=1S/C24H18N2/c1-17-10-15-22(25-16-17)18-11-13-19(14-12-18)26-23-8-4-2-6-20(23)21-7-3-5-9-24(21)26/h2-16H,1H3. The lowest BCUT2D eigenvalue weighted by Gasteiger charge is -2.09. The molecule has 5 aromatic rings. The normalized spacial score (nSPS) is 11.3. The molecule has 0 saturated carbocycles. The Morgan fingerprint density at radius 2 is 1.27 bits per heavy atom. The molecule has 0 aliphatic rings. The van der Waals surface area contributed by atoms with Crippen LogP contribution in [0.1, 0.15) is 5.56 Å². The van der Waals surface area contributed by atoms with Gasteiger partial charge in [-0.3, -0.25) is 4.98 Å². The van der Waals surface area contributed by atoms with Crippen LogP contribution in [0, 0.1) is 6.92 Å². The Balaban J connectivity index is 1.69. The summed E-state index contributed by atoms with van der Waals surface area (Å²) in [5, 5.41) is 2.57. The van der Waals surface area contributed by atoms with Crippen molar-refractivity contribution >= 4 is 21.8 Å². The molecule has 0 aliphatic heterocycles. The Morgan fingerprint density at radius 3 is 1.85 bits per heavy atom. The molecule has 0 radical (unpaired) electrons. The number of aromatic nitrogens is 2. The van der Waals surface area contributed by atoms with Crippen LogP contribution in [0.2, 0.25) is 0 Å². The molecule has 0 saturated heterocycles. The third-order valence-electron chi connectivity index (χ3n) is 4.91. The minimum atomic E-state index is 1.00. The second-order valence-electron chi connectivity index (χ2n) is 6.64. The first-order valence-electron chi connectivity index (χ1n) is 8.83. The van der Waals surface area contributed by atoms with Gasteiger partial charge in [-0.2, -0.15) is 0 Å². The number of fused-ring (bicyclic) bond motifs is 3. The first-order chi connectivity index (χ1) is 12.8. The fourth-order valence-corrected chi connectivity index (χ4v) is 3.62. The Hall–Kier alpha value is -3.39. The zero-order valence-corrected chi connectivity index (χ0v) is 14.6. The molecule has 2 nitrogen and oxygen atoms in total. The Morgan fingerprint density at radius 1 is 0.654 bits per heavy atom. The van der Waals surface area contributed by atoms with Gasteiger partial charge < -0.3 is 4.57 Å². The van der Waals surface area contributed by atoms with Gasteiger partial charge >= 0.3 is 0 Å². The summed E-state index contributed by atoms with van der Waals surface area (Å²) >= 11 is 0. The van der Waals surface area contributed by atoms with E-state index in [4.69, 9.17) is 0 Å². The summed E-state index contributed by atoms with van der Waals surface area (Å²) in [5.41, 5.74) is 6.94. The monoisotopic (exact) mass is 334 g/mol. The lowest BCUT2D eigenvalue weighted by molar-refractivity contribution is 1.18. The molecule has 2 heteroatoms. The number of benzene rings is 3. The van der Waals surface area contributed by atoms with E-state index in [0.29, 0.717) is 0 Å². The summed E-state index contributed by atoms with van der Waals surface area (Å²) in [5.74, 6) is 0. The van der Waals surface area contributed by atoms with Crippen LogP contribution in [0.25, 0.3) is 38.8 Å². The fraction of sp³-hybridized carbons (Fsp3) is 0.0417. The van der Waals surface area contributed by atoms with Crippen molar-refractivity contribution in [2.45, 2.75) is 6.92 Å². The van der Waals surface area contributed by atoms with Crippen molar-refractivity contribution in [1.82, 2.24) is 9.55 Å². The molecular weight excluding hydrogens is 316 g/mol. The molecule has 0 unspecified atom stereocenters. The highest BCUT2D eigenvalue weighted by Crippen LogP contribution is 2.32. The first kappa shape index (κ1) is 14.9. The number of para-hydroxylation sites is 2. The molecule has 124 valence electrons. The van der Waals surface area contributed by atoms with Gasteiger partial charge in [0.25, 0.3) is 0 Å². The van der Waals surface area contributed by atoms with Crippen LogP contribution in [0.5, 0.6) is 0 Å². The summed E-state index contributed by atoms with van der Waals surface area (Å²) in [6, 6.07) is 30.0. The Kier molecular flexibility index (Phi) is 3.36. The molecule has 26 heavy (non-hydrogen) atoms. The van der Waals surface area contributed by atoms with Gasteiger partial charge in [0.05, 0.1) is 16.7 Å². The van der Waals surface area contributed by atoms with Gasteiger partial charge in [0.1, 0.15) is 0 Å². The minimum Gasteiger partial charge on any atom is -0.309 e. The Labute approximate surface area is 152 Å². The zero-order chi connectivity index (χ0) is 17.5. The number of pyridine rings is 1. The fourth-order valence-electron chi connectivity index (χ4n) is 3.62. The van der Waals surface area contributed by atoms with E-state index >= 15 is 0 Å². The van der Waals surface area contributed by atoms with Crippen molar-refractivity contribution in [3.8, 4) is 16.9 Å². The maximum Gasteiger partial charge on any atom is 0.0702 e. The molecule has 0 bridgehead atoms. The number of rotatable bonds is 2. The van der Waals surface area contributed by atoms with Crippen molar-refractivity contribution in [2.75, 3.05) is 0 Å². The summed E-state index contributed by atoms with van der Waals surface area (Å²) in [7, 11) is 0. The van der Waals surface area contributed by atoms with Crippen molar-refractivity contribution in [3.05, 3.63) is 96.7 Å². The molecular formula is C24H18N2. The van der Waals surface area contributed by atoms with E-state index in [-0.39, 0.29) is 0 Å². The number of hydrogen-bond acceptors (Lipinski definition) is 1. The van der Waals surface area contributed by atoms with E-state index in [1.54, 1.807) is 0 Å². The average Bonchev–Trinajstić information content (AvgIpc) is 3.03. The van der Waals surface area contributed by atoms with Gasteiger partial charge in [0, 0.05) is 28.2 Å². The lowest BCUT2D eigenvalue weighted by atomic mass is 10.1. The number of aryl methyl sites for hydroxylation is 1. The van der Waals surface area contributed by atoms with Crippen molar-refractivity contribution in [2.24, 2.45) is 0 Å². The van der Waals surface area contributed by atoms with Crippen LogP contribution in [0.4, 0.5) is 0 Å². The van der Waals surface area contributed by atoms with Gasteiger partial charge in [-0.1, -0.05) is 54.6 Å². The van der Waals surface area contributed by atoms with Crippen LogP contribution in [-0.4, -0.2) is 9.55 Å². The van der Waals surface area contributed by atoms with Crippen LogP contribution in [0.3, 0.4) is 0 Å². The highest BCUT2D eigenvalue weighted by atomic mass is 15.0. The van der Waals surface area contributed by atoms with Crippen molar-refractivity contribution in [1.29, 1.82) is 0 Å². The average molecular weight is 334 g/mol. The molecule has 5 rings (SSSR count). The van der Waals surface area contributed by atoms with Crippen LogP contribution < -0.4 is 0 Å². The lowest BCUT2D eigenvalue weighted by Crippen LogP contribution is -1.93. The third-order valence-corrected chi connectivity index (χ3v) is 4.91. The van der Waals surface area contributed by atoms with Gasteiger partial charge in [-0.25, -0.2) is 0 Å². The molecule has 0 N–H and O–H groups in total. The maximum absolute atomic E-state index is 4.53. The summed E-state index contributed by atoms with van der Waals surface area (Å²) in [4.78, 5) is 4.53. The van der Waals surface area contributed by atoms with Crippen molar-refractivity contribution < 1.29 is 0 Å². The predicted molar refractivity (Wildman–Crippen MR) is 109 cm³/mol. The second kappa shape index (κ2) is 5.85.